The molecule has 0 spiro atoms. The molecular weight excluding hydrogens is 416 g/mol. The fourth-order valence-electron chi connectivity index (χ4n) is 3.48. The van der Waals surface area contributed by atoms with Crippen molar-refractivity contribution >= 4 is 28.3 Å². The summed E-state index contributed by atoms with van der Waals surface area (Å²) in [6.07, 6.45) is 1.09. The first-order valence-electron chi connectivity index (χ1n) is 10.1. The number of hydrogen-bond donors (Lipinski definition) is 2. The number of thiazole rings is 1. The van der Waals surface area contributed by atoms with E-state index in [4.69, 9.17) is 4.42 Å². The number of anilines is 1. The number of rotatable bonds is 7. The molecule has 2 N–H and O–H groups in total. The van der Waals surface area contributed by atoms with Crippen molar-refractivity contribution in [2.45, 2.75) is 12.5 Å². The van der Waals surface area contributed by atoms with Crippen molar-refractivity contribution < 1.29 is 19.1 Å². The maximum atomic E-state index is 12.7. The average molecular weight is 441 g/mol. The van der Waals surface area contributed by atoms with Gasteiger partial charge in [-0.2, -0.15) is 0 Å². The van der Waals surface area contributed by atoms with Crippen molar-refractivity contribution in [1.82, 2.24) is 14.8 Å². The van der Waals surface area contributed by atoms with Crippen LogP contribution in [0.3, 0.4) is 0 Å². The van der Waals surface area contributed by atoms with Crippen molar-refractivity contribution in [2.24, 2.45) is 0 Å². The summed E-state index contributed by atoms with van der Waals surface area (Å²) in [6.45, 7) is 3.23. The zero-order valence-corrected chi connectivity index (χ0v) is 17.8. The predicted molar refractivity (Wildman–Crippen MR) is 117 cm³/mol. The standard InChI is InChI=1S/C22H24N4O4S/c27-18(16-5-2-1-3-6-16)14-25-8-10-26(11-9-25)20(28)13-17-15-31-22(23-17)24-21(29)19-7-4-12-30-19/h1-7,12,15,18,27H,8-11,13-14H2,(H,23,24,29). The maximum absolute atomic E-state index is 12.7. The quantitative estimate of drug-likeness (QED) is 0.585. The zero-order valence-electron chi connectivity index (χ0n) is 16.9. The number of aromatic nitrogens is 1. The Bertz CT molecular complexity index is 998. The van der Waals surface area contributed by atoms with Crippen LogP contribution >= 0.6 is 11.3 Å². The molecule has 8 nitrogen and oxygen atoms in total. The molecule has 1 unspecified atom stereocenters. The van der Waals surface area contributed by atoms with Gasteiger partial charge in [-0.1, -0.05) is 30.3 Å². The van der Waals surface area contributed by atoms with Crippen LogP contribution in [0.1, 0.15) is 27.9 Å². The molecule has 1 saturated heterocycles. The van der Waals surface area contributed by atoms with Gasteiger partial charge < -0.3 is 14.4 Å². The summed E-state index contributed by atoms with van der Waals surface area (Å²) in [5.41, 5.74) is 1.53. The average Bonchev–Trinajstić information content (AvgIpc) is 3.47. The van der Waals surface area contributed by atoms with Crippen LogP contribution in [0, 0.1) is 0 Å². The molecule has 3 aromatic rings. The molecule has 0 aliphatic carbocycles. The number of piperazine rings is 1. The van der Waals surface area contributed by atoms with Crippen molar-refractivity contribution in [3.05, 3.63) is 71.1 Å². The number of benzene rings is 1. The van der Waals surface area contributed by atoms with E-state index in [0.717, 1.165) is 18.7 Å². The maximum Gasteiger partial charge on any atom is 0.293 e. The normalized spacial score (nSPS) is 15.6. The number of carbonyl (C=O) groups excluding carboxylic acids is 2. The summed E-state index contributed by atoms with van der Waals surface area (Å²) in [5, 5.41) is 15.3. The number of furan rings is 1. The first-order chi connectivity index (χ1) is 15.1. The summed E-state index contributed by atoms with van der Waals surface area (Å²) in [5.74, 6) is -0.147. The summed E-state index contributed by atoms with van der Waals surface area (Å²) in [6, 6.07) is 12.8. The minimum atomic E-state index is -0.534. The summed E-state index contributed by atoms with van der Waals surface area (Å²) in [4.78, 5) is 33.0. The first kappa shape index (κ1) is 21.2. The van der Waals surface area contributed by atoms with Gasteiger partial charge in [0.05, 0.1) is 24.5 Å². The zero-order chi connectivity index (χ0) is 21.6. The minimum Gasteiger partial charge on any atom is -0.459 e. The number of carbonyl (C=O) groups is 2. The first-order valence-corrected chi connectivity index (χ1v) is 11.0. The lowest BCUT2D eigenvalue weighted by molar-refractivity contribution is -0.132. The molecule has 1 atom stereocenters. The number of aliphatic hydroxyl groups is 1. The lowest BCUT2D eigenvalue weighted by Crippen LogP contribution is -2.50. The Kier molecular flexibility index (Phi) is 6.76. The second kappa shape index (κ2) is 9.86. The highest BCUT2D eigenvalue weighted by Crippen LogP contribution is 2.19. The third-order valence-electron chi connectivity index (χ3n) is 5.19. The van der Waals surface area contributed by atoms with Gasteiger partial charge in [-0.05, 0) is 17.7 Å². The summed E-state index contributed by atoms with van der Waals surface area (Å²) in [7, 11) is 0. The Balaban J connectivity index is 1.23. The molecule has 4 rings (SSSR count). The van der Waals surface area contributed by atoms with E-state index in [0.29, 0.717) is 30.5 Å². The van der Waals surface area contributed by atoms with E-state index in [9.17, 15) is 14.7 Å². The fraction of sp³-hybridized carbons (Fsp3) is 0.318. The van der Waals surface area contributed by atoms with Gasteiger partial charge in [0.2, 0.25) is 5.91 Å². The summed E-state index contributed by atoms with van der Waals surface area (Å²) < 4.78 is 5.06. The molecule has 162 valence electrons. The van der Waals surface area contributed by atoms with Crippen LogP contribution in [0.25, 0.3) is 0 Å². The highest BCUT2D eigenvalue weighted by atomic mass is 32.1. The monoisotopic (exact) mass is 440 g/mol. The van der Waals surface area contributed by atoms with Crippen LogP contribution in [0.15, 0.2) is 58.5 Å². The Hall–Kier alpha value is -3.01. The lowest BCUT2D eigenvalue weighted by Gasteiger charge is -2.35. The Morgan fingerprint density at radius 1 is 1.13 bits per heavy atom. The van der Waals surface area contributed by atoms with Crippen molar-refractivity contribution in [3.63, 3.8) is 0 Å². The van der Waals surface area contributed by atoms with Gasteiger partial charge in [-0.3, -0.25) is 19.8 Å². The lowest BCUT2D eigenvalue weighted by atomic mass is 10.1. The second-order valence-electron chi connectivity index (χ2n) is 7.36. The van der Waals surface area contributed by atoms with E-state index < -0.39 is 6.10 Å². The molecule has 9 heteroatoms. The second-order valence-corrected chi connectivity index (χ2v) is 8.22. The summed E-state index contributed by atoms with van der Waals surface area (Å²) >= 11 is 1.28. The van der Waals surface area contributed by atoms with Gasteiger partial charge in [0.25, 0.3) is 5.91 Å². The molecule has 31 heavy (non-hydrogen) atoms. The topological polar surface area (TPSA) is 98.9 Å². The van der Waals surface area contributed by atoms with Gasteiger partial charge in [-0.25, -0.2) is 4.98 Å². The minimum absolute atomic E-state index is 0.0115. The molecule has 0 radical (unpaired) electrons. The number of nitrogens with one attached hydrogen (secondary N) is 1. The Morgan fingerprint density at radius 2 is 1.90 bits per heavy atom. The van der Waals surface area contributed by atoms with E-state index in [2.05, 4.69) is 15.2 Å². The van der Waals surface area contributed by atoms with E-state index in [1.165, 1.54) is 17.6 Å². The number of aliphatic hydroxyl groups excluding tert-OH is 1. The number of hydrogen-bond acceptors (Lipinski definition) is 7. The van der Waals surface area contributed by atoms with Gasteiger partial charge in [0, 0.05) is 38.1 Å². The van der Waals surface area contributed by atoms with E-state index in [-0.39, 0.29) is 24.0 Å². The molecule has 0 bridgehead atoms. The van der Waals surface area contributed by atoms with Crippen molar-refractivity contribution in [2.75, 3.05) is 38.0 Å². The number of nitrogens with zero attached hydrogens (tertiary/aromatic N) is 3. The van der Waals surface area contributed by atoms with Crippen molar-refractivity contribution in [1.29, 1.82) is 0 Å². The van der Waals surface area contributed by atoms with Crippen LogP contribution in [0.5, 0.6) is 0 Å². The molecule has 1 aliphatic rings. The third-order valence-corrected chi connectivity index (χ3v) is 6.00. The van der Waals surface area contributed by atoms with Gasteiger partial charge in [-0.15, -0.1) is 11.3 Å². The Morgan fingerprint density at radius 3 is 2.61 bits per heavy atom. The van der Waals surface area contributed by atoms with Crippen LogP contribution in [-0.2, 0) is 11.2 Å². The molecule has 1 fully saturated rings. The van der Waals surface area contributed by atoms with Gasteiger partial charge in [0.15, 0.2) is 10.9 Å². The molecule has 2 amide bonds. The molecule has 0 saturated carbocycles. The van der Waals surface area contributed by atoms with Crippen LogP contribution < -0.4 is 5.32 Å². The molecule has 3 heterocycles. The van der Waals surface area contributed by atoms with Crippen LogP contribution in [0.2, 0.25) is 0 Å². The van der Waals surface area contributed by atoms with Crippen LogP contribution in [-0.4, -0.2) is 64.4 Å². The Labute approximate surface area is 184 Å². The molecule has 2 aromatic heterocycles. The van der Waals surface area contributed by atoms with Gasteiger partial charge in [0.1, 0.15) is 0 Å². The van der Waals surface area contributed by atoms with Gasteiger partial charge >= 0.3 is 0 Å². The van der Waals surface area contributed by atoms with E-state index in [1.807, 2.05) is 35.2 Å². The number of amides is 2. The predicted octanol–water partition coefficient (Wildman–Crippen LogP) is 2.41. The largest absolute Gasteiger partial charge is 0.459 e. The SMILES string of the molecule is O=C(Nc1nc(CC(=O)N2CCN(CC(O)c3ccccc3)CC2)cs1)c1ccco1. The fourth-order valence-corrected chi connectivity index (χ4v) is 4.19. The highest BCUT2D eigenvalue weighted by molar-refractivity contribution is 7.14. The smallest absolute Gasteiger partial charge is 0.293 e. The van der Waals surface area contributed by atoms with Crippen molar-refractivity contribution in [3.8, 4) is 0 Å². The molecular formula is C22H24N4O4S. The third kappa shape index (κ3) is 5.57. The molecule has 1 aromatic carbocycles. The van der Waals surface area contributed by atoms with Crippen LogP contribution in [0.4, 0.5) is 5.13 Å². The van der Waals surface area contributed by atoms with E-state index in [1.54, 1.807) is 17.5 Å². The van der Waals surface area contributed by atoms with E-state index >= 15 is 0 Å². The number of β-amino-alcohol motifs (C(OH)–C–C–N with tert-alkyl or cyclic N) is 1. The highest BCUT2D eigenvalue weighted by Gasteiger charge is 2.23. The molecule has 1 aliphatic heterocycles.